The van der Waals surface area contributed by atoms with Crippen molar-refractivity contribution in [3.05, 3.63) is 22.3 Å². The first-order valence-corrected chi connectivity index (χ1v) is 6.10. The van der Waals surface area contributed by atoms with Gasteiger partial charge in [0, 0.05) is 12.2 Å². The number of carbonyl (C=O) groups is 1. The van der Waals surface area contributed by atoms with Crippen molar-refractivity contribution in [3.63, 3.8) is 0 Å². The van der Waals surface area contributed by atoms with Crippen LogP contribution in [0.1, 0.15) is 18.4 Å². The fourth-order valence-electron chi connectivity index (χ4n) is 1.33. The number of carbonyl (C=O) groups excluding carboxylic acids is 1. The molecule has 0 radical (unpaired) electrons. The van der Waals surface area contributed by atoms with Crippen LogP contribution in [0.3, 0.4) is 0 Å². The van der Waals surface area contributed by atoms with Crippen LogP contribution >= 0.6 is 15.9 Å². The molecule has 0 saturated heterocycles. The number of nitrogens with zero attached hydrogens (tertiary/aromatic N) is 1. The summed E-state index contributed by atoms with van der Waals surface area (Å²) in [6.45, 7) is 2.26. The van der Waals surface area contributed by atoms with Gasteiger partial charge in [-0.25, -0.2) is 4.98 Å². The van der Waals surface area contributed by atoms with Gasteiger partial charge in [-0.3, -0.25) is 4.79 Å². The molecule has 0 atom stereocenters. The van der Waals surface area contributed by atoms with Gasteiger partial charge >= 0.3 is 0 Å². The molecule has 16 heavy (non-hydrogen) atoms. The summed E-state index contributed by atoms with van der Waals surface area (Å²) in [6, 6.07) is 2.32. The fraction of sp³-hybridized carbons (Fsp3) is 0.455. The number of aromatic nitrogens is 1. The summed E-state index contributed by atoms with van der Waals surface area (Å²) >= 11 is 3.44. The van der Waals surface area contributed by atoms with Crippen LogP contribution in [0.4, 0.5) is 5.82 Å². The first kappa shape index (κ1) is 11.4. The third-order valence-corrected chi connectivity index (χ3v) is 3.44. The predicted octanol–water partition coefficient (Wildman–Crippen LogP) is 1.84. The fourth-order valence-corrected chi connectivity index (χ4v) is 1.71. The lowest BCUT2D eigenvalue weighted by atomic mass is 10.3. The highest BCUT2D eigenvalue weighted by Gasteiger charge is 2.22. The Kier molecular flexibility index (Phi) is 3.43. The molecular formula is C11H14BrN3O. The largest absolute Gasteiger partial charge is 0.360 e. The second-order valence-electron chi connectivity index (χ2n) is 3.99. The van der Waals surface area contributed by atoms with Crippen LogP contribution < -0.4 is 10.6 Å². The monoisotopic (exact) mass is 283 g/mol. The van der Waals surface area contributed by atoms with Crippen molar-refractivity contribution >= 4 is 27.7 Å². The molecule has 2 rings (SSSR count). The van der Waals surface area contributed by atoms with Gasteiger partial charge in [0.2, 0.25) is 5.91 Å². The molecule has 2 N–H and O–H groups in total. The molecule has 5 heteroatoms. The number of nitrogens with one attached hydrogen (secondary N) is 2. The SMILES string of the molecule is Cc1ccnc(NCC(=O)NC2CC2)c1Br. The number of halogens is 1. The van der Waals surface area contributed by atoms with Crippen molar-refractivity contribution in [2.24, 2.45) is 0 Å². The van der Waals surface area contributed by atoms with Gasteiger partial charge in [-0.15, -0.1) is 0 Å². The first-order valence-electron chi connectivity index (χ1n) is 5.31. The lowest BCUT2D eigenvalue weighted by molar-refractivity contribution is -0.119. The van der Waals surface area contributed by atoms with E-state index in [9.17, 15) is 4.79 Å². The van der Waals surface area contributed by atoms with Gasteiger partial charge in [-0.2, -0.15) is 0 Å². The second-order valence-corrected chi connectivity index (χ2v) is 4.78. The Morgan fingerprint density at radius 2 is 2.38 bits per heavy atom. The van der Waals surface area contributed by atoms with Gasteiger partial charge in [0.05, 0.1) is 11.0 Å². The summed E-state index contributed by atoms with van der Waals surface area (Å²) in [5.74, 6) is 0.739. The Morgan fingerprint density at radius 1 is 1.62 bits per heavy atom. The van der Waals surface area contributed by atoms with Crippen molar-refractivity contribution in [2.75, 3.05) is 11.9 Å². The minimum Gasteiger partial charge on any atom is -0.360 e. The molecule has 1 aromatic heterocycles. The highest BCUT2D eigenvalue weighted by Crippen LogP contribution is 2.23. The summed E-state index contributed by atoms with van der Waals surface area (Å²) < 4.78 is 0.911. The van der Waals surface area contributed by atoms with Crippen molar-refractivity contribution in [3.8, 4) is 0 Å². The molecule has 4 nitrogen and oxygen atoms in total. The average Bonchev–Trinajstić information content (AvgIpc) is 3.04. The minimum absolute atomic E-state index is 0.0257. The molecular weight excluding hydrogens is 270 g/mol. The van der Waals surface area contributed by atoms with E-state index in [2.05, 4.69) is 31.5 Å². The van der Waals surface area contributed by atoms with E-state index >= 15 is 0 Å². The number of rotatable bonds is 4. The van der Waals surface area contributed by atoms with Crippen molar-refractivity contribution in [1.82, 2.24) is 10.3 Å². The zero-order valence-electron chi connectivity index (χ0n) is 9.09. The van der Waals surface area contributed by atoms with Crippen LogP contribution in [0.25, 0.3) is 0 Å². The van der Waals surface area contributed by atoms with Crippen LogP contribution in [0.5, 0.6) is 0 Å². The Morgan fingerprint density at radius 3 is 3.06 bits per heavy atom. The summed E-state index contributed by atoms with van der Waals surface area (Å²) in [7, 11) is 0. The standard InChI is InChI=1S/C11H14BrN3O/c1-7-4-5-13-11(10(7)12)14-6-9(16)15-8-2-3-8/h4-5,8H,2-3,6H2,1H3,(H,13,14)(H,15,16). The van der Waals surface area contributed by atoms with E-state index in [-0.39, 0.29) is 12.5 Å². The lowest BCUT2D eigenvalue weighted by Crippen LogP contribution is -2.31. The maximum absolute atomic E-state index is 11.4. The Balaban J connectivity index is 1.88. The molecule has 1 saturated carbocycles. The van der Waals surface area contributed by atoms with Gasteiger partial charge in [0.1, 0.15) is 5.82 Å². The highest BCUT2D eigenvalue weighted by atomic mass is 79.9. The van der Waals surface area contributed by atoms with E-state index in [1.807, 2.05) is 13.0 Å². The van der Waals surface area contributed by atoms with Gasteiger partial charge in [-0.05, 0) is 47.3 Å². The summed E-state index contributed by atoms with van der Waals surface area (Å²) in [5, 5.41) is 5.93. The molecule has 86 valence electrons. The van der Waals surface area contributed by atoms with Crippen LogP contribution in [0.15, 0.2) is 16.7 Å². The second kappa shape index (κ2) is 4.82. The number of anilines is 1. The zero-order valence-corrected chi connectivity index (χ0v) is 10.7. The summed E-state index contributed by atoms with van der Waals surface area (Å²) in [5.41, 5.74) is 1.10. The summed E-state index contributed by atoms with van der Waals surface area (Å²) in [6.07, 6.45) is 3.94. The number of pyridine rings is 1. The van der Waals surface area contributed by atoms with E-state index in [1.54, 1.807) is 6.20 Å². The molecule has 1 amide bonds. The molecule has 0 spiro atoms. The van der Waals surface area contributed by atoms with E-state index in [0.29, 0.717) is 11.9 Å². The third kappa shape index (κ3) is 2.95. The first-order chi connectivity index (χ1) is 7.66. The maximum Gasteiger partial charge on any atom is 0.239 e. The van der Waals surface area contributed by atoms with Crippen molar-refractivity contribution < 1.29 is 4.79 Å². The number of hydrogen-bond acceptors (Lipinski definition) is 3. The number of amides is 1. The molecule has 0 bridgehead atoms. The Bertz CT molecular complexity index is 404. The molecule has 1 fully saturated rings. The lowest BCUT2D eigenvalue weighted by Gasteiger charge is -2.08. The Hall–Kier alpha value is -1.10. The maximum atomic E-state index is 11.4. The average molecular weight is 284 g/mol. The molecule has 0 aromatic carbocycles. The van der Waals surface area contributed by atoms with Gasteiger partial charge < -0.3 is 10.6 Å². The van der Waals surface area contributed by atoms with Gasteiger partial charge in [0.15, 0.2) is 0 Å². The van der Waals surface area contributed by atoms with E-state index in [4.69, 9.17) is 0 Å². The smallest absolute Gasteiger partial charge is 0.239 e. The molecule has 0 aliphatic heterocycles. The zero-order chi connectivity index (χ0) is 11.5. The molecule has 1 aromatic rings. The number of aryl methyl sites for hydroxylation is 1. The Labute approximate surface area is 103 Å². The summed E-state index contributed by atoms with van der Waals surface area (Å²) in [4.78, 5) is 15.6. The van der Waals surface area contributed by atoms with Gasteiger partial charge in [-0.1, -0.05) is 0 Å². The van der Waals surface area contributed by atoms with E-state index in [1.165, 1.54) is 0 Å². The normalized spacial score (nSPS) is 14.6. The van der Waals surface area contributed by atoms with Crippen molar-refractivity contribution in [2.45, 2.75) is 25.8 Å². The quantitative estimate of drug-likeness (QED) is 0.887. The van der Waals surface area contributed by atoms with Crippen LogP contribution in [0.2, 0.25) is 0 Å². The topological polar surface area (TPSA) is 54.0 Å². The molecule has 1 aliphatic rings. The highest BCUT2D eigenvalue weighted by molar-refractivity contribution is 9.10. The molecule has 0 unspecified atom stereocenters. The van der Waals surface area contributed by atoms with Gasteiger partial charge in [0.25, 0.3) is 0 Å². The number of hydrogen-bond donors (Lipinski definition) is 2. The van der Waals surface area contributed by atoms with Crippen molar-refractivity contribution in [1.29, 1.82) is 0 Å². The minimum atomic E-state index is 0.0257. The molecule has 1 heterocycles. The van der Waals surface area contributed by atoms with Crippen LogP contribution in [-0.2, 0) is 4.79 Å². The van der Waals surface area contributed by atoms with Crippen LogP contribution in [-0.4, -0.2) is 23.5 Å². The van der Waals surface area contributed by atoms with E-state index in [0.717, 1.165) is 22.9 Å². The predicted molar refractivity (Wildman–Crippen MR) is 66.3 cm³/mol. The van der Waals surface area contributed by atoms with E-state index < -0.39 is 0 Å². The third-order valence-electron chi connectivity index (χ3n) is 2.44. The molecule has 1 aliphatic carbocycles. The van der Waals surface area contributed by atoms with Crippen LogP contribution in [0, 0.1) is 6.92 Å².